The fraction of sp³-hybridized carbons (Fsp3) is 0.917. The van der Waals surface area contributed by atoms with Gasteiger partial charge in [-0.05, 0) is 38.1 Å². The molecule has 1 amide bonds. The summed E-state index contributed by atoms with van der Waals surface area (Å²) in [7, 11) is 0. The van der Waals surface area contributed by atoms with E-state index in [1.54, 1.807) is 0 Å². The van der Waals surface area contributed by atoms with Crippen molar-refractivity contribution < 1.29 is 9.90 Å². The van der Waals surface area contributed by atoms with Crippen LogP contribution < -0.4 is 5.32 Å². The van der Waals surface area contributed by atoms with E-state index in [2.05, 4.69) is 5.32 Å². The molecule has 2 saturated heterocycles. The summed E-state index contributed by atoms with van der Waals surface area (Å²) in [5.74, 6) is 0.790. The lowest BCUT2D eigenvalue weighted by molar-refractivity contribution is -0.133. The zero-order valence-electron chi connectivity index (χ0n) is 9.82. The fourth-order valence-electron chi connectivity index (χ4n) is 2.73. The molecule has 2 aliphatic heterocycles. The van der Waals surface area contributed by atoms with E-state index in [0.717, 1.165) is 45.3 Å². The molecule has 4 heteroatoms. The van der Waals surface area contributed by atoms with Crippen molar-refractivity contribution in [1.29, 1.82) is 0 Å². The van der Waals surface area contributed by atoms with Crippen molar-refractivity contribution in [3.63, 3.8) is 0 Å². The molecule has 0 aliphatic carbocycles. The van der Waals surface area contributed by atoms with Crippen molar-refractivity contribution in [2.45, 2.75) is 38.1 Å². The standard InChI is InChI=1S/C12H22N2O2/c15-8-5-10-4-7-14(9-10)12(16)11-3-1-2-6-13-11/h10-11,13,15H,1-9H2/t10?,11-/m1/s1. The number of hydrogen-bond acceptors (Lipinski definition) is 3. The molecule has 92 valence electrons. The van der Waals surface area contributed by atoms with Crippen molar-refractivity contribution in [1.82, 2.24) is 10.2 Å². The van der Waals surface area contributed by atoms with Crippen LogP contribution in [0.4, 0.5) is 0 Å². The van der Waals surface area contributed by atoms with Gasteiger partial charge >= 0.3 is 0 Å². The van der Waals surface area contributed by atoms with Gasteiger partial charge in [-0.25, -0.2) is 0 Å². The third-order valence-electron chi connectivity index (χ3n) is 3.74. The quantitative estimate of drug-likeness (QED) is 0.730. The van der Waals surface area contributed by atoms with Crippen molar-refractivity contribution in [2.24, 2.45) is 5.92 Å². The average Bonchev–Trinajstić information content (AvgIpc) is 2.78. The minimum atomic E-state index is 0.0571. The molecule has 0 aromatic rings. The fourth-order valence-corrected chi connectivity index (χ4v) is 2.73. The largest absolute Gasteiger partial charge is 0.396 e. The van der Waals surface area contributed by atoms with E-state index in [0.29, 0.717) is 5.92 Å². The summed E-state index contributed by atoms with van der Waals surface area (Å²) in [5, 5.41) is 12.2. The Morgan fingerprint density at radius 2 is 2.25 bits per heavy atom. The molecule has 0 saturated carbocycles. The van der Waals surface area contributed by atoms with E-state index in [9.17, 15) is 4.79 Å². The minimum absolute atomic E-state index is 0.0571. The van der Waals surface area contributed by atoms with E-state index < -0.39 is 0 Å². The Bertz CT molecular complexity index is 239. The number of likely N-dealkylation sites (tertiary alicyclic amines) is 1. The van der Waals surface area contributed by atoms with Crippen LogP contribution in [0.15, 0.2) is 0 Å². The molecule has 0 aromatic heterocycles. The predicted octanol–water partition coefficient (Wildman–Crippen LogP) is 0.359. The van der Waals surface area contributed by atoms with E-state index in [4.69, 9.17) is 5.11 Å². The van der Waals surface area contributed by atoms with Crippen molar-refractivity contribution in [3.8, 4) is 0 Å². The monoisotopic (exact) mass is 226 g/mol. The Morgan fingerprint density at radius 3 is 2.94 bits per heavy atom. The number of aliphatic hydroxyl groups excluding tert-OH is 1. The highest BCUT2D eigenvalue weighted by molar-refractivity contribution is 5.82. The van der Waals surface area contributed by atoms with Gasteiger partial charge in [-0.15, -0.1) is 0 Å². The van der Waals surface area contributed by atoms with Gasteiger partial charge in [0, 0.05) is 19.7 Å². The first kappa shape index (κ1) is 11.9. The van der Waals surface area contributed by atoms with Crippen LogP contribution in [0.5, 0.6) is 0 Å². The highest BCUT2D eigenvalue weighted by Crippen LogP contribution is 2.21. The summed E-state index contributed by atoms with van der Waals surface area (Å²) in [6.45, 7) is 2.94. The summed E-state index contributed by atoms with van der Waals surface area (Å²) >= 11 is 0. The molecular weight excluding hydrogens is 204 g/mol. The van der Waals surface area contributed by atoms with Gasteiger partial charge in [0.25, 0.3) is 0 Å². The zero-order chi connectivity index (χ0) is 11.4. The van der Waals surface area contributed by atoms with Gasteiger partial charge in [0.1, 0.15) is 0 Å². The van der Waals surface area contributed by atoms with Crippen molar-refractivity contribution >= 4 is 5.91 Å². The number of amides is 1. The summed E-state index contributed by atoms with van der Waals surface area (Å²) in [5.41, 5.74) is 0. The molecule has 4 nitrogen and oxygen atoms in total. The lowest BCUT2D eigenvalue weighted by Gasteiger charge is -2.27. The Balaban J connectivity index is 1.81. The first-order valence-corrected chi connectivity index (χ1v) is 6.44. The molecule has 2 heterocycles. The van der Waals surface area contributed by atoms with Gasteiger partial charge in [-0.2, -0.15) is 0 Å². The maximum absolute atomic E-state index is 12.2. The first-order chi connectivity index (χ1) is 7.81. The third kappa shape index (κ3) is 2.74. The number of hydrogen-bond donors (Lipinski definition) is 2. The molecule has 0 bridgehead atoms. The van der Waals surface area contributed by atoms with Crippen LogP contribution in [0.3, 0.4) is 0 Å². The molecule has 2 fully saturated rings. The number of carbonyl (C=O) groups excluding carboxylic acids is 1. The van der Waals surface area contributed by atoms with Crippen LogP contribution in [-0.2, 0) is 4.79 Å². The van der Waals surface area contributed by atoms with Crippen molar-refractivity contribution in [2.75, 3.05) is 26.2 Å². The Morgan fingerprint density at radius 1 is 1.38 bits per heavy atom. The molecule has 0 aromatic carbocycles. The maximum atomic E-state index is 12.2. The molecule has 2 aliphatic rings. The molecule has 2 N–H and O–H groups in total. The van der Waals surface area contributed by atoms with E-state index in [-0.39, 0.29) is 18.6 Å². The van der Waals surface area contributed by atoms with Crippen LogP contribution in [0.1, 0.15) is 32.1 Å². The maximum Gasteiger partial charge on any atom is 0.239 e. The van der Waals surface area contributed by atoms with Crippen LogP contribution in [-0.4, -0.2) is 48.2 Å². The molecule has 1 unspecified atom stereocenters. The highest BCUT2D eigenvalue weighted by Gasteiger charge is 2.30. The number of piperidine rings is 1. The third-order valence-corrected chi connectivity index (χ3v) is 3.74. The van der Waals surface area contributed by atoms with Crippen LogP contribution >= 0.6 is 0 Å². The van der Waals surface area contributed by atoms with Crippen LogP contribution in [0.25, 0.3) is 0 Å². The zero-order valence-corrected chi connectivity index (χ0v) is 9.82. The van der Waals surface area contributed by atoms with Crippen molar-refractivity contribution in [3.05, 3.63) is 0 Å². The van der Waals surface area contributed by atoms with Crippen LogP contribution in [0.2, 0.25) is 0 Å². The Labute approximate surface area is 97.0 Å². The first-order valence-electron chi connectivity index (χ1n) is 6.44. The van der Waals surface area contributed by atoms with Gasteiger partial charge in [0.2, 0.25) is 5.91 Å². The predicted molar refractivity (Wildman–Crippen MR) is 62.0 cm³/mol. The number of nitrogens with zero attached hydrogens (tertiary/aromatic N) is 1. The Kier molecular flexibility index (Phi) is 4.18. The molecular formula is C12H22N2O2. The second-order valence-electron chi connectivity index (χ2n) is 4.95. The number of aliphatic hydroxyl groups is 1. The molecule has 2 atom stereocenters. The highest BCUT2D eigenvalue weighted by atomic mass is 16.3. The van der Waals surface area contributed by atoms with Gasteiger partial charge in [-0.1, -0.05) is 6.42 Å². The topological polar surface area (TPSA) is 52.6 Å². The summed E-state index contributed by atoms with van der Waals surface area (Å²) in [6.07, 6.45) is 5.23. The summed E-state index contributed by atoms with van der Waals surface area (Å²) in [6, 6.07) is 0.0571. The number of carbonyl (C=O) groups is 1. The minimum Gasteiger partial charge on any atom is -0.396 e. The van der Waals surface area contributed by atoms with E-state index >= 15 is 0 Å². The molecule has 2 rings (SSSR count). The number of nitrogens with one attached hydrogen (secondary N) is 1. The SMILES string of the molecule is O=C([C@H]1CCCCN1)N1CCC(CCO)C1. The summed E-state index contributed by atoms with van der Waals surface area (Å²) in [4.78, 5) is 14.1. The second kappa shape index (κ2) is 5.64. The van der Waals surface area contributed by atoms with Gasteiger partial charge in [0.05, 0.1) is 6.04 Å². The van der Waals surface area contributed by atoms with Gasteiger partial charge in [0.15, 0.2) is 0 Å². The average molecular weight is 226 g/mol. The van der Waals surface area contributed by atoms with Crippen LogP contribution in [0, 0.1) is 5.92 Å². The smallest absolute Gasteiger partial charge is 0.239 e. The lowest BCUT2D eigenvalue weighted by Crippen LogP contribution is -2.47. The molecule has 0 spiro atoms. The van der Waals surface area contributed by atoms with E-state index in [1.165, 1.54) is 6.42 Å². The van der Waals surface area contributed by atoms with Gasteiger partial charge < -0.3 is 15.3 Å². The molecule has 16 heavy (non-hydrogen) atoms. The number of rotatable bonds is 3. The lowest BCUT2D eigenvalue weighted by atomic mass is 10.0. The molecule has 0 radical (unpaired) electrons. The van der Waals surface area contributed by atoms with E-state index in [1.807, 2.05) is 4.90 Å². The van der Waals surface area contributed by atoms with Gasteiger partial charge in [-0.3, -0.25) is 4.79 Å². The summed E-state index contributed by atoms with van der Waals surface area (Å²) < 4.78 is 0. The second-order valence-corrected chi connectivity index (χ2v) is 4.95. The Hall–Kier alpha value is -0.610. The normalized spacial score (nSPS) is 30.7.